The van der Waals surface area contributed by atoms with E-state index in [1.54, 1.807) is 12.1 Å². The fraction of sp³-hybridized carbons (Fsp3) is 0.308. The van der Waals surface area contributed by atoms with Crippen molar-refractivity contribution in [1.29, 1.82) is 0 Å². The molecule has 0 aliphatic heterocycles. The summed E-state index contributed by atoms with van der Waals surface area (Å²) in [7, 11) is 1.36. The summed E-state index contributed by atoms with van der Waals surface area (Å²) in [5, 5.41) is 6.68. The highest BCUT2D eigenvalue weighted by Gasteiger charge is 2.34. The molecular weight excluding hydrogens is 262 g/mol. The zero-order valence-corrected chi connectivity index (χ0v) is 11.6. The highest BCUT2D eigenvalue weighted by atomic mass is 32.1. The van der Waals surface area contributed by atoms with Crippen molar-refractivity contribution >= 4 is 18.6 Å². The number of carbonyl (C=O) groups excluding carboxylic acids is 1. The quantitative estimate of drug-likeness (QED) is 0.664. The lowest BCUT2D eigenvalue weighted by Gasteiger charge is -2.26. The van der Waals surface area contributed by atoms with Crippen molar-refractivity contribution in [1.82, 2.24) is 15.2 Å². The third-order valence-electron chi connectivity index (χ3n) is 3.10. The van der Waals surface area contributed by atoms with Gasteiger partial charge in [-0.1, -0.05) is 25.1 Å². The molecule has 19 heavy (non-hydrogen) atoms. The predicted octanol–water partition coefficient (Wildman–Crippen LogP) is 2.17. The van der Waals surface area contributed by atoms with Gasteiger partial charge in [-0.15, -0.1) is 0 Å². The molecule has 1 N–H and O–H groups in total. The van der Waals surface area contributed by atoms with Crippen molar-refractivity contribution in [2.24, 2.45) is 0 Å². The summed E-state index contributed by atoms with van der Waals surface area (Å²) in [6.45, 7) is 1.98. The maximum atomic E-state index is 11.9. The van der Waals surface area contributed by atoms with Crippen LogP contribution in [0, 0.1) is 0 Å². The summed E-state index contributed by atoms with van der Waals surface area (Å²) in [5.41, 5.74) is 1.24. The number of nitrogens with one attached hydrogen (secondary N) is 1. The Labute approximate surface area is 116 Å². The Balaban J connectivity index is 2.59. The highest BCUT2D eigenvalue weighted by molar-refractivity contribution is 7.81. The Morgan fingerprint density at radius 3 is 2.79 bits per heavy atom. The van der Waals surface area contributed by atoms with Gasteiger partial charge in [0, 0.05) is 0 Å². The van der Waals surface area contributed by atoms with Gasteiger partial charge in [0.2, 0.25) is 0 Å². The molecule has 6 heteroatoms. The Morgan fingerprint density at radius 2 is 2.21 bits per heavy atom. The number of nitrogens with zero attached hydrogens (tertiary/aromatic N) is 2. The second kappa shape index (κ2) is 5.44. The van der Waals surface area contributed by atoms with E-state index >= 15 is 0 Å². The molecule has 0 bridgehead atoms. The van der Waals surface area contributed by atoms with Crippen LogP contribution in [-0.2, 0) is 9.48 Å². The minimum Gasteiger partial charge on any atom is -0.465 e. The van der Waals surface area contributed by atoms with Gasteiger partial charge < -0.3 is 4.74 Å². The third-order valence-corrected chi connectivity index (χ3v) is 3.87. The summed E-state index contributed by atoms with van der Waals surface area (Å²) >= 11 is 4.73. The van der Waals surface area contributed by atoms with Gasteiger partial charge in [-0.2, -0.15) is 17.7 Å². The zero-order chi connectivity index (χ0) is 13.9. The molecule has 0 fully saturated rings. The van der Waals surface area contributed by atoms with Crippen LogP contribution >= 0.6 is 12.6 Å². The van der Waals surface area contributed by atoms with E-state index < -0.39 is 4.75 Å². The SMILES string of the molecule is CCC(S)(c1ncn[nH]1)c1ccccc1C(=O)OC. The van der Waals surface area contributed by atoms with Gasteiger partial charge in [0.05, 0.1) is 17.4 Å². The fourth-order valence-electron chi connectivity index (χ4n) is 2.02. The average molecular weight is 277 g/mol. The molecule has 2 rings (SSSR count). The second-order valence-corrected chi connectivity index (χ2v) is 4.85. The number of esters is 1. The van der Waals surface area contributed by atoms with E-state index in [4.69, 9.17) is 17.4 Å². The van der Waals surface area contributed by atoms with E-state index in [0.717, 1.165) is 5.56 Å². The highest BCUT2D eigenvalue weighted by Crippen LogP contribution is 2.39. The fourth-order valence-corrected chi connectivity index (χ4v) is 2.32. The minimum atomic E-state index is -0.707. The monoisotopic (exact) mass is 277 g/mol. The van der Waals surface area contributed by atoms with E-state index in [0.29, 0.717) is 17.8 Å². The first kappa shape index (κ1) is 13.6. The van der Waals surface area contributed by atoms with Crippen LogP contribution in [0.2, 0.25) is 0 Å². The van der Waals surface area contributed by atoms with Gasteiger partial charge in [0.25, 0.3) is 0 Å². The molecule has 0 radical (unpaired) electrons. The van der Waals surface area contributed by atoms with E-state index in [2.05, 4.69) is 15.2 Å². The van der Waals surface area contributed by atoms with Crippen LogP contribution in [-0.4, -0.2) is 28.3 Å². The predicted molar refractivity (Wildman–Crippen MR) is 74.2 cm³/mol. The number of ether oxygens (including phenoxy) is 1. The molecule has 1 aromatic carbocycles. The number of aromatic nitrogens is 3. The minimum absolute atomic E-state index is 0.387. The molecule has 5 nitrogen and oxygen atoms in total. The standard InChI is InChI=1S/C13H15N3O2S/c1-3-13(19,12-14-8-15-16-12)10-7-5-4-6-9(10)11(17)18-2/h4-8,19H,3H2,1-2H3,(H,14,15,16). The number of rotatable bonds is 4. The van der Waals surface area contributed by atoms with Crippen LogP contribution in [0.15, 0.2) is 30.6 Å². The smallest absolute Gasteiger partial charge is 0.338 e. The molecule has 2 aromatic rings. The summed E-state index contributed by atoms with van der Waals surface area (Å²) in [6, 6.07) is 7.22. The van der Waals surface area contributed by atoms with Crippen LogP contribution in [0.1, 0.15) is 35.1 Å². The Kier molecular flexibility index (Phi) is 3.90. The Hall–Kier alpha value is -1.82. The van der Waals surface area contributed by atoms with Crippen molar-refractivity contribution in [2.75, 3.05) is 7.11 Å². The van der Waals surface area contributed by atoms with E-state index in [9.17, 15) is 4.79 Å². The number of carbonyl (C=O) groups is 1. The summed E-state index contributed by atoms with van der Waals surface area (Å²) in [4.78, 5) is 16.0. The molecule has 100 valence electrons. The first-order valence-corrected chi connectivity index (χ1v) is 6.34. The largest absolute Gasteiger partial charge is 0.465 e. The van der Waals surface area contributed by atoms with Crippen molar-refractivity contribution in [3.63, 3.8) is 0 Å². The van der Waals surface area contributed by atoms with Gasteiger partial charge in [-0.05, 0) is 18.1 Å². The van der Waals surface area contributed by atoms with Crippen LogP contribution < -0.4 is 0 Å². The summed E-state index contributed by atoms with van der Waals surface area (Å²) in [6.07, 6.45) is 2.08. The van der Waals surface area contributed by atoms with E-state index in [-0.39, 0.29) is 5.97 Å². The van der Waals surface area contributed by atoms with Gasteiger partial charge in [-0.3, -0.25) is 5.10 Å². The molecule has 0 amide bonds. The molecule has 0 saturated carbocycles. The average Bonchev–Trinajstić information content (AvgIpc) is 3.00. The second-order valence-electron chi connectivity index (χ2n) is 4.09. The Bertz CT molecular complexity index is 571. The molecule has 0 saturated heterocycles. The van der Waals surface area contributed by atoms with Crippen LogP contribution in [0.5, 0.6) is 0 Å². The van der Waals surface area contributed by atoms with Crippen molar-refractivity contribution < 1.29 is 9.53 Å². The number of H-pyrrole nitrogens is 1. The number of hydrogen-bond acceptors (Lipinski definition) is 5. The Morgan fingerprint density at radius 1 is 1.47 bits per heavy atom. The first-order chi connectivity index (χ1) is 9.13. The van der Waals surface area contributed by atoms with Crippen molar-refractivity contribution in [2.45, 2.75) is 18.1 Å². The topological polar surface area (TPSA) is 67.9 Å². The molecule has 1 aromatic heterocycles. The number of methoxy groups -OCH3 is 1. The van der Waals surface area contributed by atoms with Crippen LogP contribution in [0.4, 0.5) is 0 Å². The summed E-state index contributed by atoms with van der Waals surface area (Å²) in [5.74, 6) is 0.219. The van der Waals surface area contributed by atoms with E-state index in [1.807, 2.05) is 19.1 Å². The lowest BCUT2D eigenvalue weighted by molar-refractivity contribution is 0.0599. The molecular formula is C13H15N3O2S. The van der Waals surface area contributed by atoms with Gasteiger partial charge in [0.15, 0.2) is 0 Å². The lowest BCUT2D eigenvalue weighted by atomic mass is 9.90. The molecule has 0 spiro atoms. The van der Waals surface area contributed by atoms with Crippen LogP contribution in [0.3, 0.4) is 0 Å². The third kappa shape index (κ3) is 2.35. The number of hydrogen-bond donors (Lipinski definition) is 2. The molecule has 1 atom stereocenters. The molecule has 0 aliphatic rings. The van der Waals surface area contributed by atoms with Crippen LogP contribution in [0.25, 0.3) is 0 Å². The van der Waals surface area contributed by atoms with Crippen molar-refractivity contribution in [3.8, 4) is 0 Å². The number of thiol groups is 1. The van der Waals surface area contributed by atoms with Gasteiger partial charge in [0.1, 0.15) is 12.2 Å². The van der Waals surface area contributed by atoms with Gasteiger partial charge >= 0.3 is 5.97 Å². The number of aromatic amines is 1. The summed E-state index contributed by atoms with van der Waals surface area (Å²) < 4.78 is 4.11. The van der Waals surface area contributed by atoms with Crippen molar-refractivity contribution in [3.05, 3.63) is 47.5 Å². The molecule has 1 heterocycles. The number of benzene rings is 1. The van der Waals surface area contributed by atoms with Gasteiger partial charge in [-0.25, -0.2) is 9.78 Å². The normalized spacial score (nSPS) is 13.8. The zero-order valence-electron chi connectivity index (χ0n) is 10.8. The first-order valence-electron chi connectivity index (χ1n) is 5.89. The molecule has 0 aliphatic carbocycles. The van der Waals surface area contributed by atoms with E-state index in [1.165, 1.54) is 13.4 Å². The maximum Gasteiger partial charge on any atom is 0.338 e. The lowest BCUT2D eigenvalue weighted by Crippen LogP contribution is -2.25. The molecule has 1 unspecified atom stereocenters. The maximum absolute atomic E-state index is 11.9.